The van der Waals surface area contributed by atoms with Gasteiger partial charge in [0.1, 0.15) is 0 Å². The van der Waals surface area contributed by atoms with Crippen molar-refractivity contribution in [3.63, 3.8) is 0 Å². The number of hydrogen-bond acceptors (Lipinski definition) is 5. The molecule has 7 nitrogen and oxygen atoms in total. The van der Waals surface area contributed by atoms with Gasteiger partial charge in [0.2, 0.25) is 11.7 Å². The predicted molar refractivity (Wildman–Crippen MR) is 113 cm³/mol. The SMILES string of the molecule is COCCn1c(C)cc(C(=O)COC(=O)[C@@H]2CC(=O)N(c3ccc(C)cc3)C2)c1C. The average molecular weight is 412 g/mol. The van der Waals surface area contributed by atoms with Crippen LogP contribution >= 0.6 is 0 Å². The summed E-state index contributed by atoms with van der Waals surface area (Å²) in [5.74, 6) is -1.45. The van der Waals surface area contributed by atoms with Gasteiger partial charge in [0.05, 0.1) is 12.5 Å². The lowest BCUT2D eigenvalue weighted by molar-refractivity contribution is -0.147. The van der Waals surface area contributed by atoms with Crippen LogP contribution in [0.2, 0.25) is 0 Å². The first-order chi connectivity index (χ1) is 14.3. The van der Waals surface area contributed by atoms with Crippen LogP contribution in [0.25, 0.3) is 0 Å². The van der Waals surface area contributed by atoms with Crippen LogP contribution in [-0.2, 0) is 25.6 Å². The van der Waals surface area contributed by atoms with Crippen LogP contribution < -0.4 is 4.90 Å². The van der Waals surface area contributed by atoms with Gasteiger partial charge in [0.15, 0.2) is 6.61 Å². The van der Waals surface area contributed by atoms with E-state index in [0.29, 0.717) is 18.7 Å². The highest BCUT2D eigenvalue weighted by Gasteiger charge is 2.36. The van der Waals surface area contributed by atoms with Gasteiger partial charge in [-0.15, -0.1) is 0 Å². The number of carbonyl (C=O) groups is 3. The van der Waals surface area contributed by atoms with Crippen molar-refractivity contribution in [1.82, 2.24) is 4.57 Å². The molecule has 2 heterocycles. The molecule has 0 radical (unpaired) electrons. The number of esters is 1. The van der Waals surface area contributed by atoms with Gasteiger partial charge in [-0.3, -0.25) is 14.4 Å². The van der Waals surface area contributed by atoms with E-state index in [0.717, 1.165) is 22.6 Å². The third-order valence-corrected chi connectivity index (χ3v) is 5.54. The monoisotopic (exact) mass is 412 g/mol. The molecule has 1 fully saturated rings. The first-order valence-electron chi connectivity index (χ1n) is 10.0. The molecule has 1 aromatic carbocycles. The van der Waals surface area contributed by atoms with E-state index in [1.54, 1.807) is 18.1 Å². The van der Waals surface area contributed by atoms with Gasteiger partial charge >= 0.3 is 5.97 Å². The second-order valence-electron chi connectivity index (χ2n) is 7.70. The number of ether oxygens (including phenoxy) is 2. The normalized spacial score (nSPS) is 16.2. The lowest BCUT2D eigenvalue weighted by Gasteiger charge is -2.16. The summed E-state index contributed by atoms with van der Waals surface area (Å²) in [4.78, 5) is 39.0. The third kappa shape index (κ3) is 4.62. The number of ketones is 1. The summed E-state index contributed by atoms with van der Waals surface area (Å²) in [6, 6.07) is 9.39. The molecule has 1 aliphatic heterocycles. The zero-order chi connectivity index (χ0) is 21.8. The summed E-state index contributed by atoms with van der Waals surface area (Å²) in [6.45, 7) is 6.90. The Kier molecular flexibility index (Phi) is 6.72. The number of Topliss-reactive ketones (excluding diaryl/α,β-unsaturated/α-hetero) is 1. The van der Waals surface area contributed by atoms with E-state index in [2.05, 4.69) is 0 Å². The zero-order valence-electron chi connectivity index (χ0n) is 17.9. The summed E-state index contributed by atoms with van der Waals surface area (Å²) in [5.41, 5.74) is 4.18. The van der Waals surface area contributed by atoms with Gasteiger partial charge in [-0.25, -0.2) is 0 Å². The molecule has 2 aromatic rings. The van der Waals surface area contributed by atoms with Gasteiger partial charge in [-0.1, -0.05) is 17.7 Å². The summed E-state index contributed by atoms with van der Waals surface area (Å²) in [7, 11) is 1.63. The predicted octanol–water partition coefficient (Wildman–Crippen LogP) is 2.84. The van der Waals surface area contributed by atoms with E-state index in [1.165, 1.54) is 0 Å². The van der Waals surface area contributed by atoms with Crippen LogP contribution in [0.4, 0.5) is 5.69 Å². The number of amides is 1. The van der Waals surface area contributed by atoms with Crippen molar-refractivity contribution in [2.24, 2.45) is 5.92 Å². The number of aryl methyl sites for hydroxylation is 2. The average Bonchev–Trinajstić information content (AvgIpc) is 3.24. The number of carbonyl (C=O) groups excluding carboxylic acids is 3. The molecular formula is C23H28N2O5. The molecule has 1 amide bonds. The topological polar surface area (TPSA) is 77.8 Å². The van der Waals surface area contributed by atoms with Gasteiger partial charge in [0, 0.05) is 49.3 Å². The first kappa shape index (κ1) is 21.8. The highest BCUT2D eigenvalue weighted by Crippen LogP contribution is 2.26. The Morgan fingerprint density at radius 3 is 2.50 bits per heavy atom. The number of anilines is 1. The van der Waals surface area contributed by atoms with Crippen LogP contribution in [0.1, 0.15) is 33.7 Å². The minimum Gasteiger partial charge on any atom is -0.457 e. The maximum Gasteiger partial charge on any atom is 0.311 e. The summed E-state index contributed by atoms with van der Waals surface area (Å²) >= 11 is 0. The molecule has 0 unspecified atom stereocenters. The fraction of sp³-hybridized carbons (Fsp3) is 0.435. The lowest BCUT2D eigenvalue weighted by atomic mass is 10.1. The Morgan fingerprint density at radius 1 is 1.13 bits per heavy atom. The van der Waals surface area contributed by atoms with Gasteiger partial charge < -0.3 is 18.9 Å². The summed E-state index contributed by atoms with van der Waals surface area (Å²) in [6.07, 6.45) is 0.0897. The van der Waals surface area contributed by atoms with E-state index < -0.39 is 11.9 Å². The highest BCUT2D eigenvalue weighted by atomic mass is 16.5. The molecule has 1 aliphatic rings. The Hall–Kier alpha value is -2.93. The van der Waals surface area contributed by atoms with E-state index in [4.69, 9.17) is 9.47 Å². The number of rotatable bonds is 8. The number of methoxy groups -OCH3 is 1. The van der Waals surface area contributed by atoms with Crippen molar-refractivity contribution < 1.29 is 23.9 Å². The zero-order valence-corrected chi connectivity index (χ0v) is 17.9. The first-order valence-corrected chi connectivity index (χ1v) is 10.0. The van der Waals surface area contributed by atoms with Crippen molar-refractivity contribution in [3.8, 4) is 0 Å². The molecule has 160 valence electrons. The van der Waals surface area contributed by atoms with Crippen molar-refractivity contribution in [2.75, 3.05) is 31.8 Å². The molecule has 0 saturated carbocycles. The van der Waals surface area contributed by atoms with Crippen molar-refractivity contribution >= 4 is 23.3 Å². The molecule has 30 heavy (non-hydrogen) atoms. The molecule has 1 atom stereocenters. The quantitative estimate of drug-likeness (QED) is 0.492. The molecular weight excluding hydrogens is 384 g/mol. The highest BCUT2D eigenvalue weighted by molar-refractivity contribution is 6.01. The lowest BCUT2D eigenvalue weighted by Crippen LogP contribution is -2.27. The minimum absolute atomic E-state index is 0.0897. The summed E-state index contributed by atoms with van der Waals surface area (Å²) in [5, 5.41) is 0. The third-order valence-electron chi connectivity index (χ3n) is 5.54. The Labute approximate surface area is 176 Å². The Morgan fingerprint density at radius 2 is 1.83 bits per heavy atom. The Balaban J connectivity index is 1.59. The molecule has 1 saturated heterocycles. The number of nitrogens with zero attached hydrogens (tertiary/aromatic N) is 2. The molecule has 0 bridgehead atoms. The largest absolute Gasteiger partial charge is 0.457 e. The molecule has 0 N–H and O–H groups in total. The van der Waals surface area contributed by atoms with Crippen LogP contribution in [0, 0.1) is 26.7 Å². The van der Waals surface area contributed by atoms with E-state index >= 15 is 0 Å². The molecule has 3 rings (SSSR count). The van der Waals surface area contributed by atoms with Crippen molar-refractivity contribution in [2.45, 2.75) is 33.7 Å². The maximum atomic E-state index is 12.6. The molecule has 0 spiro atoms. The number of benzene rings is 1. The van der Waals surface area contributed by atoms with Crippen molar-refractivity contribution in [3.05, 3.63) is 52.8 Å². The fourth-order valence-corrected chi connectivity index (χ4v) is 3.78. The standard InChI is InChI=1S/C23H28N2O5/c1-15-5-7-19(8-6-15)25-13-18(12-22(25)27)23(28)30-14-21(26)20-11-16(2)24(17(20)3)9-10-29-4/h5-8,11,18H,9-10,12-14H2,1-4H3/t18-/m1/s1. The fourth-order valence-electron chi connectivity index (χ4n) is 3.78. The van der Waals surface area contributed by atoms with Crippen LogP contribution in [-0.4, -0.2) is 49.1 Å². The Bertz CT molecular complexity index is 945. The van der Waals surface area contributed by atoms with Gasteiger partial charge in [-0.2, -0.15) is 0 Å². The van der Waals surface area contributed by atoms with Crippen LogP contribution in [0.5, 0.6) is 0 Å². The second-order valence-corrected chi connectivity index (χ2v) is 7.70. The smallest absolute Gasteiger partial charge is 0.311 e. The molecule has 7 heteroatoms. The second kappa shape index (κ2) is 9.26. The van der Waals surface area contributed by atoms with Gasteiger partial charge in [-0.05, 0) is 39.0 Å². The van der Waals surface area contributed by atoms with Crippen molar-refractivity contribution in [1.29, 1.82) is 0 Å². The minimum atomic E-state index is -0.569. The van der Waals surface area contributed by atoms with E-state index in [1.807, 2.05) is 49.6 Å². The van der Waals surface area contributed by atoms with Crippen LogP contribution in [0.3, 0.4) is 0 Å². The van der Waals surface area contributed by atoms with E-state index in [9.17, 15) is 14.4 Å². The maximum absolute atomic E-state index is 12.6. The number of aromatic nitrogens is 1. The van der Waals surface area contributed by atoms with Gasteiger partial charge in [0.25, 0.3) is 0 Å². The molecule has 0 aliphatic carbocycles. The number of hydrogen-bond donors (Lipinski definition) is 0. The van der Waals surface area contributed by atoms with Crippen LogP contribution in [0.15, 0.2) is 30.3 Å². The van der Waals surface area contributed by atoms with E-state index in [-0.39, 0.29) is 31.3 Å². The summed E-state index contributed by atoms with van der Waals surface area (Å²) < 4.78 is 12.4. The molecule has 1 aromatic heterocycles.